The molecule has 0 fully saturated rings. The minimum Gasteiger partial charge on any atom is -0.870 e. The molecule has 1 aliphatic rings. The predicted octanol–water partition coefficient (Wildman–Crippen LogP) is 11.1. The number of aryl methyl sites for hydroxylation is 9. The van der Waals surface area contributed by atoms with Gasteiger partial charge in [0.05, 0.1) is 39.6 Å². The number of aromatic nitrogens is 16. The van der Waals surface area contributed by atoms with Gasteiger partial charge in [-0.1, -0.05) is 82.4 Å². The third-order valence-electron chi connectivity index (χ3n) is 17.9. The van der Waals surface area contributed by atoms with Crippen molar-refractivity contribution in [3.63, 3.8) is 0 Å². The second-order valence-electron chi connectivity index (χ2n) is 27.7. The van der Waals surface area contributed by atoms with E-state index in [2.05, 4.69) is 105 Å². The molecule has 1 amide bonds. The molecule has 9 heterocycles. The van der Waals surface area contributed by atoms with Gasteiger partial charge in [0.25, 0.3) is 5.91 Å². The number of carbonyl (C=O) groups is 5. The number of hydrogen-bond acceptors (Lipinski definition) is 30. The van der Waals surface area contributed by atoms with Gasteiger partial charge in [0.1, 0.15) is 122 Å². The number of aromatic carboxylic acids is 2. The number of aromatic hydroxyl groups is 2. The number of phenols is 2. The number of fused-ring (bicyclic) bond motifs is 5. The molecule has 13 aromatic rings. The van der Waals surface area contributed by atoms with E-state index in [4.69, 9.17) is 51.5 Å². The fourth-order valence-corrected chi connectivity index (χ4v) is 11.8. The van der Waals surface area contributed by atoms with E-state index in [1.807, 2.05) is 125 Å². The van der Waals surface area contributed by atoms with E-state index in [0.717, 1.165) is 98.8 Å². The van der Waals surface area contributed by atoms with Gasteiger partial charge in [-0.2, -0.15) is 0 Å². The van der Waals surface area contributed by atoms with Crippen LogP contribution in [0.15, 0.2) is 189 Å². The Labute approximate surface area is 768 Å². The number of halogens is 3. The van der Waals surface area contributed by atoms with Gasteiger partial charge in [-0.3, -0.25) is 9.36 Å². The Morgan fingerprint density at radius 3 is 1.32 bits per heavy atom. The number of nitrogen functional groups attached to an aromatic ring is 3. The number of rotatable bonds is 23. The summed E-state index contributed by atoms with van der Waals surface area (Å²) in [7, 11) is 2.64. The molecular weight excluding hydrogens is 1750 g/mol. The first-order valence-corrected chi connectivity index (χ1v) is 43.5. The van der Waals surface area contributed by atoms with E-state index >= 15 is 0 Å². The van der Waals surface area contributed by atoms with Gasteiger partial charge in [0, 0.05) is 32.8 Å². The Morgan fingerprint density at radius 1 is 0.488 bits per heavy atom. The van der Waals surface area contributed by atoms with Crippen LogP contribution in [0, 0.1) is 34.6 Å². The number of carboxylic acids is 2. The smallest absolute Gasteiger partial charge is 0.870 e. The van der Waals surface area contributed by atoms with E-state index in [1.54, 1.807) is 99.0 Å². The molecule has 5 aromatic carbocycles. The molecule has 0 saturated heterocycles. The van der Waals surface area contributed by atoms with E-state index in [1.165, 1.54) is 32.4 Å². The summed E-state index contributed by atoms with van der Waals surface area (Å²) in [6.07, 6.45) is 13.4. The number of ether oxygens (including phenoxy) is 5. The van der Waals surface area contributed by atoms with Crippen LogP contribution >= 0.6 is 38.9 Å². The molecule has 0 atom stereocenters. The van der Waals surface area contributed by atoms with Crippen LogP contribution in [0.2, 0.25) is 0 Å². The molecule has 1 aliphatic heterocycles. The summed E-state index contributed by atoms with van der Waals surface area (Å²) in [5, 5.41) is 76.7. The molecule has 43 heteroatoms. The number of hydrogen-bond donors (Lipinski definition) is 9. The Morgan fingerprint density at radius 2 is 0.868 bits per heavy atom. The third kappa shape index (κ3) is 34.7. The summed E-state index contributed by atoms with van der Waals surface area (Å²) in [4.78, 5) is 74.7. The first-order valence-electron chi connectivity index (χ1n) is 39.1. The predicted molar refractivity (Wildman–Crippen MR) is 481 cm³/mol. The largest absolute Gasteiger partial charge is 1.00 e. The van der Waals surface area contributed by atoms with Crippen molar-refractivity contribution in [2.45, 2.75) is 112 Å². The number of nitrogens with one attached hydrogen (secondary N) is 1. The summed E-state index contributed by atoms with van der Waals surface area (Å²) in [6.45, 7) is 14.0. The molecule has 15 N–H and O–H groups in total. The van der Waals surface area contributed by atoms with Gasteiger partial charge < -0.3 is 101 Å². The van der Waals surface area contributed by atoms with E-state index in [0.29, 0.717) is 124 Å². The molecule has 678 valence electrons. The van der Waals surface area contributed by atoms with E-state index in [9.17, 15) is 38.8 Å². The zero-order valence-corrected chi connectivity index (χ0v) is 75.0. The van der Waals surface area contributed by atoms with E-state index in [-0.39, 0.29) is 70.5 Å². The van der Waals surface area contributed by atoms with Gasteiger partial charge in [0.15, 0.2) is 23.3 Å². The van der Waals surface area contributed by atoms with Crippen molar-refractivity contribution in [2.24, 2.45) is 0 Å². The van der Waals surface area contributed by atoms with Crippen LogP contribution in [0.3, 0.4) is 0 Å². The number of carbonyl (C=O) groups excluding carboxylic acids is 3. The number of anilines is 4. The minimum atomic E-state index is -3.22. The maximum absolute atomic E-state index is 12.8. The van der Waals surface area contributed by atoms with Crippen LogP contribution < -0.4 is 55.6 Å². The summed E-state index contributed by atoms with van der Waals surface area (Å²) in [6, 6.07) is 47.2. The molecule has 0 unspecified atom stereocenters. The number of aliphatic hydroxyl groups is 1. The average Bonchev–Trinajstić information content (AvgIpc) is 1.82. The Kier molecular flexibility index (Phi) is 44.4. The van der Waals surface area contributed by atoms with Crippen LogP contribution in [0.5, 0.6) is 28.7 Å². The molecule has 0 spiro atoms. The van der Waals surface area contributed by atoms with Gasteiger partial charge in [-0.25, -0.2) is 39.1 Å². The van der Waals surface area contributed by atoms with Gasteiger partial charge in [-0.05, 0) is 229 Å². The number of unbranched alkanes of at least 4 members (excludes halogenated alkanes) is 3. The first kappa shape index (κ1) is 106. The van der Waals surface area contributed by atoms with Gasteiger partial charge in [-0.15, -0.1) is 40.8 Å². The molecule has 0 radical (unpaired) electrons. The normalized spacial score (nSPS) is 11.0. The number of pyridine rings is 4. The zero-order valence-electron chi connectivity index (χ0n) is 71.9. The van der Waals surface area contributed by atoms with E-state index < -0.39 is 29.1 Å². The van der Waals surface area contributed by atoms with Crippen LogP contribution in [0.25, 0.3) is 46.1 Å². The molecule has 38 nitrogen and oxygen atoms in total. The quantitative estimate of drug-likeness (QED) is 0.0124. The van der Waals surface area contributed by atoms with Crippen molar-refractivity contribution in [3.05, 3.63) is 245 Å². The number of benzene rings is 5. The number of amides is 1. The Bertz CT molecular complexity index is 5840. The summed E-state index contributed by atoms with van der Waals surface area (Å²) >= 11 is 13.8. The SMILES string of the molecule is COC(=O)c1cc(C)ccc1O.COC(=O)c1cc(C)ccc1OCCCCn1cnnc1-c1cccc(N)n1.Cc1ccc(O)c(C(=O)O)c1.Cc1ccc(OCCCCn2cnnc2-c2cccc(N)n2)c(C(=O)O)c1.Cc1ccc2c(c1)C(=O)Nc1cccc(n1)-c1nncn1CCCCO2.Nc1cccc(-c2nncn2CCCCO)n1.O.O=P(Cl)(Cl)Cl.[Li+].[OH-]. The second kappa shape index (κ2) is 53.9. The van der Waals surface area contributed by atoms with Crippen LogP contribution in [-0.4, -0.2) is 186 Å². The topological polar surface area (TPSA) is 576 Å². The minimum absolute atomic E-state index is 0. The number of nitrogens with zero attached hydrogens (tertiary/aromatic N) is 16. The average molecular weight is 1850 g/mol. The monoisotopic (exact) mass is 1840 g/mol. The molecule has 14 rings (SSSR count). The second-order valence-corrected chi connectivity index (χ2v) is 34.4. The number of carboxylic acid groups (broad SMARTS) is 2. The number of methoxy groups -OCH3 is 2. The van der Waals surface area contributed by atoms with Crippen molar-refractivity contribution in [1.82, 2.24) is 79.0 Å². The number of nitrogens with two attached hydrogens (primary N) is 3. The maximum Gasteiger partial charge on any atom is 1.00 e. The zero-order chi connectivity index (χ0) is 91.2. The maximum atomic E-state index is 12.8. The molecule has 0 aliphatic carbocycles. The molecule has 129 heavy (non-hydrogen) atoms. The van der Waals surface area contributed by atoms with Crippen LogP contribution in [0.1, 0.15) is 131 Å². The molecule has 2 bridgehead atoms. The van der Waals surface area contributed by atoms with Crippen molar-refractivity contribution in [2.75, 3.05) is 63.2 Å². The number of aliphatic hydroxyl groups excluding tert-OH is 1. The first-order chi connectivity index (χ1) is 60.4. The summed E-state index contributed by atoms with van der Waals surface area (Å²) < 4.78 is 43.8. The van der Waals surface area contributed by atoms with Crippen molar-refractivity contribution in [1.29, 1.82) is 0 Å². The van der Waals surface area contributed by atoms with Crippen LogP contribution in [0.4, 0.5) is 23.3 Å². The standard InChI is InChI=1S/C20H23N5O3.C19H21N5O3.C19H19N5O2.C11H15N5O.C9H10O3.C8H8O3.Cl3OP.Li.2H2O/c1-14-8-9-17(15(12-14)20(26)27-2)28-11-4-3-10-25-13-22-24-19(25)16-6-5-7-18(21)23-16;1-13-7-8-16(14(11-13)19(25)26)27-10-3-2-9-24-12-21-23-18(24)15-5-4-6-17(20)22-15;1-13-7-8-16-14(11-13)19(25)22-17-6-4-5-15(21-17)18-23-20-12-24(18)9-2-3-10-26-16;12-10-5-3-4-9(14-10)11-15-13-8-16(11)6-1-2-7-17;1-6-3-4-8(10)7(5-6)9(11)12-2;1-5-2-3-7(9)6(4-5)8(10)11;1-5(2,3)4;;;/h5-9,12-13H,3-4,10-11H2,1-2H3,(H2,21,23);4-8,11-12H,2-3,9-10H2,1H3,(H2,20,22)(H,25,26);4-8,11-12H,2-3,9-10H2,1H3,(H,21,22,25);3-5,8,17H,1-2,6-7H2,(H2,12,14);3-5,10H,1-2H3;2-4,9H,1H3,(H,10,11);;;2*1H2/q;;;;;;;+1;;/p-1. The molecular formula is C86H99Cl3LiN20O18P. The fraction of sp³-hybridized carbons (Fsp3) is 0.267. The summed E-state index contributed by atoms with van der Waals surface area (Å²) in [5.41, 5.74) is 25.7. The molecule has 8 aromatic heterocycles. The number of esters is 2. The van der Waals surface area contributed by atoms with Gasteiger partial charge in [0.2, 0.25) is 0 Å². The van der Waals surface area contributed by atoms with Gasteiger partial charge >= 0.3 is 47.9 Å². The van der Waals surface area contributed by atoms with Crippen LogP contribution in [-0.2, 0) is 40.2 Å². The Balaban J connectivity index is 0.000000277. The Hall–Kier alpha value is -13.4. The van der Waals surface area contributed by atoms with Crippen molar-refractivity contribution in [3.8, 4) is 74.8 Å². The van der Waals surface area contributed by atoms with Crippen molar-refractivity contribution < 1.29 is 108 Å². The number of phenolic OH excluding ortho intramolecular Hbond substituents is 1. The summed E-state index contributed by atoms with van der Waals surface area (Å²) in [5.74, 6) is 2.56. The fourth-order valence-electron chi connectivity index (χ4n) is 11.8. The molecule has 0 saturated carbocycles. The third-order valence-corrected chi connectivity index (χ3v) is 17.9. The van der Waals surface area contributed by atoms with Crippen molar-refractivity contribution >= 4 is 92.0 Å².